The monoisotopic (exact) mass is 126 g/mol. The fraction of sp³-hybridized carbons (Fsp3) is 0.167. The van der Waals surface area contributed by atoms with E-state index in [1.165, 1.54) is 0 Å². The van der Waals surface area contributed by atoms with Crippen LogP contribution in [0.5, 0.6) is 0 Å². The van der Waals surface area contributed by atoms with Crippen LogP contribution in [0.3, 0.4) is 0 Å². The molecule has 2 heteroatoms. The average molecular weight is 126 g/mol. The van der Waals surface area contributed by atoms with Gasteiger partial charge in [0.2, 0.25) is 5.51 Å². The molecule has 1 aromatic heterocycles. The van der Waals surface area contributed by atoms with E-state index in [0.29, 0.717) is 0 Å². The Kier molecular flexibility index (Phi) is 1.80. The maximum absolute atomic E-state index is 3.62. The molecule has 0 bridgehead atoms. The summed E-state index contributed by atoms with van der Waals surface area (Å²) in [5.74, 6) is 0. The fourth-order valence-corrected chi connectivity index (χ4v) is 1.12. The van der Waals surface area contributed by atoms with Gasteiger partial charge in [-0.05, 0) is 6.08 Å². The molecule has 0 aromatic carbocycles. The number of thiazole rings is 1. The fourth-order valence-electron chi connectivity index (χ4n) is 0.515. The molecular formula is C6H8NS+. The highest BCUT2D eigenvalue weighted by Gasteiger charge is 1.91. The Morgan fingerprint density at radius 2 is 2.62 bits per heavy atom. The second-order valence-corrected chi connectivity index (χ2v) is 2.27. The zero-order valence-electron chi connectivity index (χ0n) is 4.58. The summed E-state index contributed by atoms with van der Waals surface area (Å²) in [6.45, 7) is 4.54. The Morgan fingerprint density at radius 3 is 3.12 bits per heavy atom. The van der Waals surface area contributed by atoms with E-state index < -0.39 is 0 Å². The van der Waals surface area contributed by atoms with E-state index in [-0.39, 0.29) is 0 Å². The Balaban J connectivity index is 2.62. The summed E-state index contributed by atoms with van der Waals surface area (Å²) in [6, 6.07) is 0. The average Bonchev–Trinajstić information content (AvgIpc) is 2.19. The van der Waals surface area contributed by atoms with Crippen LogP contribution in [0.25, 0.3) is 0 Å². The summed E-state index contributed by atoms with van der Waals surface area (Å²) in [4.78, 5) is 0. The van der Waals surface area contributed by atoms with Gasteiger partial charge >= 0.3 is 0 Å². The van der Waals surface area contributed by atoms with Crippen LogP contribution < -0.4 is 4.57 Å². The predicted molar refractivity (Wildman–Crippen MR) is 34.7 cm³/mol. The first-order valence-electron chi connectivity index (χ1n) is 2.45. The Labute approximate surface area is 52.9 Å². The number of aromatic nitrogens is 1. The molecule has 0 aliphatic rings. The highest BCUT2D eigenvalue weighted by Crippen LogP contribution is 1.86. The predicted octanol–water partition coefficient (Wildman–Crippen LogP) is 1.22. The van der Waals surface area contributed by atoms with E-state index >= 15 is 0 Å². The maximum Gasteiger partial charge on any atom is 0.224 e. The van der Waals surface area contributed by atoms with Crippen LogP contribution in [0.2, 0.25) is 0 Å². The van der Waals surface area contributed by atoms with Crippen molar-refractivity contribution < 1.29 is 4.57 Å². The molecule has 42 valence electrons. The minimum absolute atomic E-state index is 0.920. The molecule has 1 nitrogen and oxygen atoms in total. The third-order valence-corrected chi connectivity index (χ3v) is 1.54. The van der Waals surface area contributed by atoms with Crippen molar-refractivity contribution in [3.05, 3.63) is 29.7 Å². The van der Waals surface area contributed by atoms with Crippen molar-refractivity contribution in [3.63, 3.8) is 0 Å². The Morgan fingerprint density at radius 1 is 1.75 bits per heavy atom. The first-order chi connectivity index (χ1) is 3.93. The van der Waals surface area contributed by atoms with Crippen molar-refractivity contribution in [2.24, 2.45) is 0 Å². The molecule has 1 heterocycles. The zero-order chi connectivity index (χ0) is 5.82. The molecule has 1 rings (SSSR count). The van der Waals surface area contributed by atoms with Crippen LogP contribution in [-0.4, -0.2) is 0 Å². The highest BCUT2D eigenvalue weighted by atomic mass is 32.1. The number of nitrogens with zero attached hydrogens (tertiary/aromatic N) is 1. The quantitative estimate of drug-likeness (QED) is 0.414. The van der Waals surface area contributed by atoms with Gasteiger partial charge in [-0.25, -0.2) is 0 Å². The normalized spacial score (nSPS) is 9.00. The maximum atomic E-state index is 3.62. The van der Waals surface area contributed by atoms with Crippen molar-refractivity contribution in [3.8, 4) is 0 Å². The van der Waals surface area contributed by atoms with Crippen LogP contribution in [0.15, 0.2) is 29.7 Å². The van der Waals surface area contributed by atoms with Gasteiger partial charge in [0.25, 0.3) is 0 Å². The molecule has 0 radical (unpaired) electrons. The second kappa shape index (κ2) is 2.62. The minimum atomic E-state index is 0.920. The molecule has 0 aliphatic heterocycles. The SMILES string of the molecule is C=CC[n+]1ccsc1. The second-order valence-electron chi connectivity index (χ2n) is 1.51. The molecule has 0 fully saturated rings. The molecule has 0 unspecified atom stereocenters. The van der Waals surface area contributed by atoms with Crippen molar-refractivity contribution in [2.45, 2.75) is 6.54 Å². The van der Waals surface area contributed by atoms with Gasteiger partial charge in [-0.3, -0.25) is 0 Å². The van der Waals surface area contributed by atoms with Crippen molar-refractivity contribution in [2.75, 3.05) is 0 Å². The smallest absolute Gasteiger partial charge is 0.192 e. The van der Waals surface area contributed by atoms with Gasteiger partial charge in [-0.1, -0.05) is 17.9 Å². The van der Waals surface area contributed by atoms with Gasteiger partial charge in [0.15, 0.2) is 12.7 Å². The van der Waals surface area contributed by atoms with E-state index in [4.69, 9.17) is 0 Å². The molecule has 8 heavy (non-hydrogen) atoms. The molecule has 0 aliphatic carbocycles. The number of hydrogen-bond donors (Lipinski definition) is 0. The summed E-state index contributed by atoms with van der Waals surface area (Å²) in [7, 11) is 0. The van der Waals surface area contributed by atoms with Crippen LogP contribution in [0.1, 0.15) is 0 Å². The van der Waals surface area contributed by atoms with E-state index in [0.717, 1.165) is 6.54 Å². The summed E-state index contributed by atoms with van der Waals surface area (Å²) in [6.07, 6.45) is 3.92. The molecule has 0 N–H and O–H groups in total. The van der Waals surface area contributed by atoms with E-state index in [1.54, 1.807) is 11.3 Å². The van der Waals surface area contributed by atoms with Crippen molar-refractivity contribution >= 4 is 11.3 Å². The molecule has 0 saturated carbocycles. The molecule has 1 aromatic rings. The molecular weight excluding hydrogens is 118 g/mol. The minimum Gasteiger partial charge on any atom is -0.192 e. The third kappa shape index (κ3) is 1.17. The first-order valence-corrected chi connectivity index (χ1v) is 3.40. The van der Waals surface area contributed by atoms with E-state index in [9.17, 15) is 0 Å². The summed E-state index contributed by atoms with van der Waals surface area (Å²) >= 11 is 1.69. The lowest BCUT2D eigenvalue weighted by Gasteiger charge is -1.77. The number of rotatable bonds is 2. The molecule has 0 atom stereocenters. The van der Waals surface area contributed by atoms with E-state index in [2.05, 4.69) is 16.7 Å². The lowest BCUT2D eigenvalue weighted by Crippen LogP contribution is -2.28. The number of hydrogen-bond acceptors (Lipinski definition) is 1. The largest absolute Gasteiger partial charge is 0.224 e. The van der Waals surface area contributed by atoms with Crippen molar-refractivity contribution in [1.82, 2.24) is 0 Å². The van der Waals surface area contributed by atoms with E-state index in [1.807, 2.05) is 17.7 Å². The Hall–Kier alpha value is -0.630. The van der Waals surface area contributed by atoms with Gasteiger partial charge in [-0.15, -0.1) is 0 Å². The molecule has 0 spiro atoms. The van der Waals surface area contributed by atoms with Crippen LogP contribution in [0, 0.1) is 0 Å². The van der Waals surface area contributed by atoms with Crippen molar-refractivity contribution in [1.29, 1.82) is 0 Å². The summed E-state index contributed by atoms with van der Waals surface area (Å²) in [5, 5.41) is 2.05. The standard InChI is InChI=1S/C6H8NS/c1-2-3-7-4-5-8-6-7/h2,4-6H,1,3H2/q+1. The zero-order valence-corrected chi connectivity index (χ0v) is 5.40. The first kappa shape index (κ1) is 5.51. The lowest BCUT2D eigenvalue weighted by molar-refractivity contribution is -0.682. The lowest BCUT2D eigenvalue weighted by atomic mass is 10.6. The topological polar surface area (TPSA) is 3.88 Å². The van der Waals surface area contributed by atoms with Gasteiger partial charge < -0.3 is 0 Å². The van der Waals surface area contributed by atoms with Crippen LogP contribution in [-0.2, 0) is 6.54 Å². The number of allylic oxidation sites excluding steroid dienone is 1. The van der Waals surface area contributed by atoms with Gasteiger partial charge in [0.1, 0.15) is 0 Å². The Bertz CT molecular complexity index is 155. The van der Waals surface area contributed by atoms with Crippen LogP contribution in [0.4, 0.5) is 0 Å². The third-order valence-electron chi connectivity index (χ3n) is 0.867. The van der Waals surface area contributed by atoms with Gasteiger partial charge in [0.05, 0.1) is 5.38 Å². The molecule has 0 amide bonds. The summed E-state index contributed by atoms with van der Waals surface area (Å²) < 4.78 is 2.08. The van der Waals surface area contributed by atoms with Gasteiger partial charge in [0, 0.05) is 0 Å². The van der Waals surface area contributed by atoms with Crippen LogP contribution >= 0.6 is 11.3 Å². The van der Waals surface area contributed by atoms with Gasteiger partial charge in [-0.2, -0.15) is 4.57 Å². The molecule has 0 saturated heterocycles. The summed E-state index contributed by atoms with van der Waals surface area (Å²) in [5.41, 5.74) is 2.06. The highest BCUT2D eigenvalue weighted by molar-refractivity contribution is 7.07.